The van der Waals surface area contributed by atoms with Crippen LogP contribution in [0.4, 0.5) is 0 Å². The van der Waals surface area contributed by atoms with Gasteiger partial charge in [0.2, 0.25) is 0 Å². The topological polar surface area (TPSA) is 20.2 Å². The molecule has 1 nitrogen and oxygen atoms in total. The molecular weight excluding hydrogens is 76.1 g/mol. The van der Waals surface area contributed by atoms with E-state index in [0.717, 1.165) is 7.11 Å². The summed E-state index contributed by atoms with van der Waals surface area (Å²) >= 11 is 0. The summed E-state index contributed by atoms with van der Waals surface area (Å²) in [5.41, 5.74) is 0. The van der Waals surface area contributed by atoms with Gasteiger partial charge in [-0.25, -0.2) is 0 Å². The zero-order valence-electron chi connectivity index (χ0n) is 4.45. The molecule has 0 aliphatic carbocycles. The Morgan fingerprint density at radius 1 is 1.00 bits per heavy atom. The lowest BCUT2D eigenvalue weighted by Gasteiger charge is -1.40. The fraction of sp³-hybridized carbons (Fsp3) is 0.600. The van der Waals surface area contributed by atoms with Gasteiger partial charge >= 0.3 is 0 Å². The fourth-order valence-corrected chi connectivity index (χ4v) is 0. The van der Waals surface area contributed by atoms with E-state index in [4.69, 9.17) is 5.11 Å². The molecule has 0 saturated heterocycles. The van der Waals surface area contributed by atoms with E-state index < -0.39 is 0 Å². The van der Waals surface area contributed by atoms with Crippen molar-refractivity contribution in [1.29, 1.82) is 0 Å². The van der Waals surface area contributed by atoms with Crippen molar-refractivity contribution in [1.82, 2.24) is 0 Å². The molecule has 0 atom stereocenters. The van der Waals surface area contributed by atoms with Gasteiger partial charge in [0.05, 0.1) is 0 Å². The van der Waals surface area contributed by atoms with Crippen molar-refractivity contribution < 1.29 is 5.11 Å². The Kier molecular flexibility index (Phi) is 36.8. The molecule has 0 aliphatic rings. The van der Waals surface area contributed by atoms with E-state index in [1.165, 1.54) is 0 Å². The molecule has 0 heterocycles. The summed E-state index contributed by atoms with van der Waals surface area (Å²) in [7, 11) is 1.00. The second-order valence-corrected chi connectivity index (χ2v) is 0.500. The molecule has 0 amide bonds. The van der Waals surface area contributed by atoms with Gasteiger partial charge in [0.1, 0.15) is 0 Å². The van der Waals surface area contributed by atoms with Gasteiger partial charge in [-0.15, -0.1) is 11.8 Å². The van der Waals surface area contributed by atoms with Gasteiger partial charge < -0.3 is 5.11 Å². The maximum absolute atomic E-state index is 7.00. The van der Waals surface area contributed by atoms with Crippen LogP contribution < -0.4 is 0 Å². The largest absolute Gasteiger partial charge is 0.400 e. The number of hydrogen-bond acceptors (Lipinski definition) is 1. The van der Waals surface area contributed by atoms with Crippen molar-refractivity contribution in [2.45, 2.75) is 13.8 Å². The van der Waals surface area contributed by atoms with E-state index in [1.807, 2.05) is 13.8 Å². The van der Waals surface area contributed by atoms with E-state index in [1.54, 1.807) is 0 Å². The van der Waals surface area contributed by atoms with Gasteiger partial charge in [-0.3, -0.25) is 0 Å². The highest BCUT2D eigenvalue weighted by Crippen LogP contribution is 1.39. The van der Waals surface area contributed by atoms with Gasteiger partial charge in [-0.2, -0.15) is 0 Å². The van der Waals surface area contributed by atoms with Crippen molar-refractivity contribution in [2.75, 3.05) is 7.11 Å². The summed E-state index contributed by atoms with van der Waals surface area (Å²) < 4.78 is 0. The van der Waals surface area contributed by atoms with Crippen LogP contribution in [0.1, 0.15) is 13.8 Å². The van der Waals surface area contributed by atoms with Crippen molar-refractivity contribution in [3.63, 3.8) is 0 Å². The average molecular weight is 86.1 g/mol. The smallest absolute Gasteiger partial charge is 0.0319 e. The minimum atomic E-state index is 1.00. The predicted molar refractivity (Wildman–Crippen MR) is 27.3 cm³/mol. The molecule has 0 aliphatic heterocycles. The van der Waals surface area contributed by atoms with E-state index in [-0.39, 0.29) is 0 Å². The quantitative estimate of drug-likeness (QED) is 0.429. The molecule has 0 fully saturated rings. The first-order valence-electron chi connectivity index (χ1n) is 1.70. The SMILES string of the molecule is CC#CC.CO. The third-order valence-electron chi connectivity index (χ3n) is 0.250. The lowest BCUT2D eigenvalue weighted by atomic mass is 10.7. The highest BCUT2D eigenvalue weighted by molar-refractivity contribution is 4.89. The van der Waals surface area contributed by atoms with Crippen LogP contribution in [0.3, 0.4) is 0 Å². The van der Waals surface area contributed by atoms with Crippen LogP contribution in [-0.2, 0) is 0 Å². The lowest BCUT2D eigenvalue weighted by molar-refractivity contribution is 0.399. The Morgan fingerprint density at radius 2 is 1.17 bits per heavy atom. The molecule has 0 aromatic heterocycles. The molecule has 1 N–H and O–H groups in total. The molecule has 1 heteroatoms. The van der Waals surface area contributed by atoms with Crippen molar-refractivity contribution in [3.05, 3.63) is 0 Å². The van der Waals surface area contributed by atoms with Gasteiger partial charge in [-0.1, -0.05) is 0 Å². The molecule has 0 bridgehead atoms. The molecule has 0 saturated carbocycles. The summed E-state index contributed by atoms with van der Waals surface area (Å²) in [6.07, 6.45) is 0. The molecular formula is C5H10O. The number of aliphatic hydroxyl groups excluding tert-OH is 1. The van der Waals surface area contributed by atoms with Crippen LogP contribution in [0, 0.1) is 11.8 Å². The van der Waals surface area contributed by atoms with E-state index in [9.17, 15) is 0 Å². The third kappa shape index (κ3) is 82.7. The molecule has 0 aromatic carbocycles. The molecule has 36 valence electrons. The van der Waals surface area contributed by atoms with Crippen molar-refractivity contribution in [3.8, 4) is 11.8 Å². The monoisotopic (exact) mass is 86.1 g/mol. The summed E-state index contributed by atoms with van der Waals surface area (Å²) in [6.45, 7) is 3.64. The normalized spacial score (nSPS) is 3.33. The van der Waals surface area contributed by atoms with Crippen molar-refractivity contribution in [2.24, 2.45) is 0 Å². The number of rotatable bonds is 0. The average Bonchev–Trinajstić information content (AvgIpc) is 1.72. The molecule has 0 rings (SSSR count). The Labute approximate surface area is 39.0 Å². The van der Waals surface area contributed by atoms with Gasteiger partial charge in [-0.05, 0) is 13.8 Å². The minimum absolute atomic E-state index is 1.00. The Morgan fingerprint density at radius 3 is 1.17 bits per heavy atom. The van der Waals surface area contributed by atoms with Crippen LogP contribution >= 0.6 is 0 Å². The lowest BCUT2D eigenvalue weighted by Crippen LogP contribution is -1.28. The third-order valence-corrected chi connectivity index (χ3v) is 0.250. The van der Waals surface area contributed by atoms with Crippen LogP contribution in [0.5, 0.6) is 0 Å². The first-order valence-corrected chi connectivity index (χ1v) is 1.70. The Balaban J connectivity index is 0. The molecule has 0 radical (unpaired) electrons. The highest BCUT2D eigenvalue weighted by Gasteiger charge is 1.26. The molecule has 0 unspecified atom stereocenters. The predicted octanol–water partition coefficient (Wildman–Crippen LogP) is 0.638. The molecule has 0 aromatic rings. The highest BCUT2D eigenvalue weighted by atomic mass is 16.2. The van der Waals surface area contributed by atoms with Gasteiger partial charge in [0, 0.05) is 7.11 Å². The van der Waals surface area contributed by atoms with Crippen LogP contribution in [-0.4, -0.2) is 12.2 Å². The summed E-state index contributed by atoms with van der Waals surface area (Å²) in [6, 6.07) is 0. The zero-order chi connectivity index (χ0) is 5.41. The first-order chi connectivity index (χ1) is 2.91. The van der Waals surface area contributed by atoms with Crippen LogP contribution in [0.25, 0.3) is 0 Å². The Bertz CT molecular complexity index is 40.7. The zero-order valence-corrected chi connectivity index (χ0v) is 4.45. The van der Waals surface area contributed by atoms with Gasteiger partial charge in [0.25, 0.3) is 0 Å². The van der Waals surface area contributed by atoms with Crippen LogP contribution in [0.2, 0.25) is 0 Å². The molecule has 6 heavy (non-hydrogen) atoms. The maximum atomic E-state index is 7.00. The van der Waals surface area contributed by atoms with E-state index in [0.29, 0.717) is 0 Å². The fourth-order valence-electron chi connectivity index (χ4n) is 0. The number of hydrogen-bond donors (Lipinski definition) is 1. The maximum Gasteiger partial charge on any atom is 0.0319 e. The van der Waals surface area contributed by atoms with E-state index >= 15 is 0 Å². The first kappa shape index (κ1) is 9.10. The molecule has 0 spiro atoms. The standard InChI is InChI=1S/C4H6.CH4O/c1-3-4-2;1-2/h1-2H3;2H,1H3. The summed E-state index contributed by atoms with van der Waals surface area (Å²) in [5, 5.41) is 7.00. The van der Waals surface area contributed by atoms with Crippen molar-refractivity contribution >= 4 is 0 Å². The van der Waals surface area contributed by atoms with Gasteiger partial charge in [0.15, 0.2) is 0 Å². The summed E-state index contributed by atoms with van der Waals surface area (Å²) in [5.74, 6) is 5.36. The second-order valence-electron chi connectivity index (χ2n) is 0.500. The minimum Gasteiger partial charge on any atom is -0.400 e. The second kappa shape index (κ2) is 24.2. The Hall–Kier alpha value is -0.480. The van der Waals surface area contributed by atoms with E-state index in [2.05, 4.69) is 11.8 Å². The van der Waals surface area contributed by atoms with Crippen LogP contribution in [0.15, 0.2) is 0 Å². The summed E-state index contributed by atoms with van der Waals surface area (Å²) in [4.78, 5) is 0. The number of aliphatic hydroxyl groups is 1.